The summed E-state index contributed by atoms with van der Waals surface area (Å²) in [5, 5.41) is 0. The summed E-state index contributed by atoms with van der Waals surface area (Å²) in [5.41, 5.74) is 5.68. The Morgan fingerprint density at radius 1 is 1.73 bits per heavy atom. The highest BCUT2D eigenvalue weighted by molar-refractivity contribution is 7.98. The molecular weight excluding hydrogens is 158 g/mol. The zero-order chi connectivity index (χ0) is 8.27. The highest BCUT2D eigenvalue weighted by Crippen LogP contribution is 2.31. The van der Waals surface area contributed by atoms with E-state index in [0.717, 1.165) is 25.0 Å². The van der Waals surface area contributed by atoms with Crippen molar-refractivity contribution in [2.24, 2.45) is 11.7 Å². The normalized spacial score (nSPS) is 19.8. The van der Waals surface area contributed by atoms with Crippen LogP contribution < -0.4 is 5.73 Å². The van der Waals surface area contributed by atoms with Crippen molar-refractivity contribution in [2.45, 2.75) is 25.3 Å². The number of rotatable bonds is 5. The van der Waals surface area contributed by atoms with Crippen LogP contribution in [0.4, 0.5) is 0 Å². The molecule has 1 fully saturated rings. The third-order valence-electron chi connectivity index (χ3n) is 1.98. The monoisotopic (exact) mass is 173 g/mol. The second-order valence-corrected chi connectivity index (χ2v) is 4.05. The Morgan fingerprint density at radius 3 is 2.82 bits per heavy atom. The highest BCUT2D eigenvalue weighted by atomic mass is 32.2. The molecule has 1 rings (SSSR count). The maximum Gasteiger partial charge on any atom is 0.152 e. The largest absolute Gasteiger partial charge is 0.321 e. The van der Waals surface area contributed by atoms with E-state index in [1.807, 2.05) is 6.26 Å². The molecule has 3 heteroatoms. The van der Waals surface area contributed by atoms with Crippen LogP contribution in [0.2, 0.25) is 0 Å². The van der Waals surface area contributed by atoms with Gasteiger partial charge in [-0.15, -0.1) is 0 Å². The van der Waals surface area contributed by atoms with E-state index in [9.17, 15) is 4.79 Å². The summed E-state index contributed by atoms with van der Waals surface area (Å²) in [5.74, 6) is 1.62. The quantitative estimate of drug-likeness (QED) is 0.675. The van der Waals surface area contributed by atoms with Crippen molar-refractivity contribution in [3.63, 3.8) is 0 Å². The molecule has 1 aliphatic rings. The predicted octanol–water partition coefficient (Wildman–Crippen LogP) is 1.05. The van der Waals surface area contributed by atoms with Crippen LogP contribution in [0.3, 0.4) is 0 Å². The van der Waals surface area contributed by atoms with Gasteiger partial charge in [-0.3, -0.25) is 4.79 Å². The lowest BCUT2D eigenvalue weighted by Gasteiger charge is -2.07. The van der Waals surface area contributed by atoms with E-state index in [1.54, 1.807) is 11.8 Å². The zero-order valence-corrected chi connectivity index (χ0v) is 7.69. The van der Waals surface area contributed by atoms with Gasteiger partial charge in [0.2, 0.25) is 0 Å². The van der Waals surface area contributed by atoms with E-state index in [1.165, 1.54) is 0 Å². The molecule has 1 saturated carbocycles. The lowest BCUT2D eigenvalue weighted by Crippen LogP contribution is -2.32. The van der Waals surface area contributed by atoms with Crippen LogP contribution in [0.25, 0.3) is 0 Å². The molecule has 0 aromatic rings. The van der Waals surface area contributed by atoms with Crippen molar-refractivity contribution < 1.29 is 4.79 Å². The Hall–Kier alpha value is -0.0200. The Labute approximate surface area is 71.9 Å². The number of carbonyl (C=O) groups excluding carboxylic acids is 1. The van der Waals surface area contributed by atoms with Crippen molar-refractivity contribution >= 4 is 17.5 Å². The first kappa shape index (κ1) is 9.07. The van der Waals surface area contributed by atoms with Gasteiger partial charge in [0.1, 0.15) is 0 Å². The van der Waals surface area contributed by atoms with Gasteiger partial charge in [-0.05, 0) is 31.3 Å². The number of hydrogen-bond acceptors (Lipinski definition) is 3. The molecule has 0 heterocycles. The molecule has 0 radical (unpaired) electrons. The number of Topliss-reactive ketones (excluding diaryl/α,β-unsaturated/α-hetero) is 1. The first-order chi connectivity index (χ1) is 5.25. The maximum absolute atomic E-state index is 11.3. The maximum atomic E-state index is 11.3. The van der Waals surface area contributed by atoms with Gasteiger partial charge < -0.3 is 5.73 Å². The lowest BCUT2D eigenvalue weighted by molar-refractivity contribution is -0.121. The standard InChI is InChI=1S/C8H15NOS/c1-11-5-4-7(9)8(10)6-2-3-6/h6-7H,2-5,9H2,1H3. The summed E-state index contributed by atoms with van der Waals surface area (Å²) in [6, 6.07) is -0.185. The molecule has 1 aliphatic carbocycles. The van der Waals surface area contributed by atoms with Gasteiger partial charge in [0.15, 0.2) is 5.78 Å². The summed E-state index contributed by atoms with van der Waals surface area (Å²) in [7, 11) is 0. The zero-order valence-electron chi connectivity index (χ0n) is 6.88. The molecule has 2 N–H and O–H groups in total. The van der Waals surface area contributed by atoms with Crippen molar-refractivity contribution in [1.29, 1.82) is 0 Å². The van der Waals surface area contributed by atoms with E-state index in [2.05, 4.69) is 0 Å². The SMILES string of the molecule is CSCCC(N)C(=O)C1CC1. The molecule has 0 aromatic carbocycles. The number of thioether (sulfide) groups is 1. The number of carbonyl (C=O) groups is 1. The van der Waals surface area contributed by atoms with E-state index in [4.69, 9.17) is 5.73 Å². The Balaban J connectivity index is 2.16. The topological polar surface area (TPSA) is 43.1 Å². The summed E-state index contributed by atoms with van der Waals surface area (Å²) in [6.07, 6.45) is 5.03. The van der Waals surface area contributed by atoms with Gasteiger partial charge >= 0.3 is 0 Å². The van der Waals surface area contributed by atoms with Crippen molar-refractivity contribution in [2.75, 3.05) is 12.0 Å². The molecule has 0 spiro atoms. The number of ketones is 1. The van der Waals surface area contributed by atoms with Crippen molar-refractivity contribution in [1.82, 2.24) is 0 Å². The first-order valence-corrected chi connectivity index (χ1v) is 5.43. The van der Waals surface area contributed by atoms with Gasteiger partial charge in [0, 0.05) is 5.92 Å². The van der Waals surface area contributed by atoms with E-state index in [-0.39, 0.29) is 6.04 Å². The van der Waals surface area contributed by atoms with E-state index >= 15 is 0 Å². The molecule has 64 valence electrons. The molecule has 0 saturated heterocycles. The molecule has 1 atom stereocenters. The number of nitrogens with two attached hydrogens (primary N) is 1. The molecule has 2 nitrogen and oxygen atoms in total. The average Bonchev–Trinajstić information content (AvgIpc) is 2.81. The molecule has 0 aromatic heterocycles. The van der Waals surface area contributed by atoms with E-state index in [0.29, 0.717) is 11.7 Å². The van der Waals surface area contributed by atoms with E-state index < -0.39 is 0 Å². The molecule has 0 bridgehead atoms. The molecule has 0 amide bonds. The Kier molecular flexibility index (Phi) is 3.40. The van der Waals surface area contributed by atoms with Crippen molar-refractivity contribution in [3.05, 3.63) is 0 Å². The third-order valence-corrected chi connectivity index (χ3v) is 2.62. The van der Waals surface area contributed by atoms with Crippen LogP contribution in [0.5, 0.6) is 0 Å². The fraction of sp³-hybridized carbons (Fsp3) is 0.875. The molecule has 0 aliphatic heterocycles. The van der Waals surface area contributed by atoms with Gasteiger partial charge in [0.25, 0.3) is 0 Å². The minimum absolute atomic E-state index is 0.185. The summed E-state index contributed by atoms with van der Waals surface area (Å²) in [6.45, 7) is 0. The van der Waals surface area contributed by atoms with Gasteiger partial charge in [-0.25, -0.2) is 0 Å². The minimum Gasteiger partial charge on any atom is -0.321 e. The first-order valence-electron chi connectivity index (χ1n) is 4.04. The fourth-order valence-corrected chi connectivity index (χ4v) is 1.55. The summed E-state index contributed by atoms with van der Waals surface area (Å²) in [4.78, 5) is 11.3. The minimum atomic E-state index is -0.185. The second-order valence-electron chi connectivity index (χ2n) is 3.06. The highest BCUT2D eigenvalue weighted by Gasteiger charge is 2.32. The second kappa shape index (κ2) is 4.12. The lowest BCUT2D eigenvalue weighted by atomic mass is 10.1. The fourth-order valence-electron chi connectivity index (χ4n) is 1.06. The molecule has 11 heavy (non-hydrogen) atoms. The molecule has 1 unspecified atom stereocenters. The Bertz CT molecular complexity index is 145. The average molecular weight is 173 g/mol. The predicted molar refractivity (Wildman–Crippen MR) is 48.7 cm³/mol. The van der Waals surface area contributed by atoms with Crippen LogP contribution in [-0.2, 0) is 4.79 Å². The van der Waals surface area contributed by atoms with Gasteiger partial charge in [-0.2, -0.15) is 11.8 Å². The smallest absolute Gasteiger partial charge is 0.152 e. The van der Waals surface area contributed by atoms with Crippen LogP contribution >= 0.6 is 11.8 Å². The van der Waals surface area contributed by atoms with Crippen LogP contribution in [0.15, 0.2) is 0 Å². The van der Waals surface area contributed by atoms with Gasteiger partial charge in [0.05, 0.1) is 6.04 Å². The number of hydrogen-bond donors (Lipinski definition) is 1. The van der Waals surface area contributed by atoms with Crippen LogP contribution in [0.1, 0.15) is 19.3 Å². The van der Waals surface area contributed by atoms with Crippen molar-refractivity contribution in [3.8, 4) is 0 Å². The Morgan fingerprint density at radius 2 is 2.36 bits per heavy atom. The van der Waals surface area contributed by atoms with Gasteiger partial charge in [-0.1, -0.05) is 0 Å². The molecular formula is C8H15NOS. The van der Waals surface area contributed by atoms with Crippen LogP contribution in [-0.4, -0.2) is 23.8 Å². The summed E-state index contributed by atoms with van der Waals surface area (Å²) < 4.78 is 0. The van der Waals surface area contributed by atoms with Crippen LogP contribution in [0, 0.1) is 5.92 Å². The third kappa shape index (κ3) is 2.83. The summed E-state index contributed by atoms with van der Waals surface area (Å²) >= 11 is 1.75.